The molecule has 2 heterocycles. The summed E-state index contributed by atoms with van der Waals surface area (Å²) >= 11 is 4.05. The smallest absolute Gasteiger partial charge is 0.0720 e. The Hall–Kier alpha value is -0.160. The topological polar surface area (TPSA) is 21.3 Å². The summed E-state index contributed by atoms with van der Waals surface area (Å²) in [6.45, 7) is 4.23. The Labute approximate surface area is 130 Å². The second-order valence-corrected chi connectivity index (χ2v) is 8.19. The van der Waals surface area contributed by atoms with Crippen molar-refractivity contribution in [2.45, 2.75) is 47.8 Å². The number of aryl methyl sites for hydroxylation is 1. The van der Waals surface area contributed by atoms with E-state index in [9.17, 15) is 0 Å². The van der Waals surface area contributed by atoms with E-state index in [1.54, 1.807) is 0 Å². The average Bonchev–Trinajstić information content (AvgIpc) is 2.96. The highest BCUT2D eigenvalue weighted by Crippen LogP contribution is 2.35. The van der Waals surface area contributed by atoms with Gasteiger partial charge in [0.05, 0.1) is 11.5 Å². The van der Waals surface area contributed by atoms with E-state index in [2.05, 4.69) is 36.5 Å². The highest BCUT2D eigenvalue weighted by molar-refractivity contribution is 8.00. The quantitative estimate of drug-likeness (QED) is 0.915. The van der Waals surface area contributed by atoms with Crippen LogP contribution in [0.25, 0.3) is 0 Å². The van der Waals surface area contributed by atoms with Gasteiger partial charge in [0.25, 0.3) is 0 Å². The lowest BCUT2D eigenvalue weighted by Crippen LogP contribution is -2.36. The summed E-state index contributed by atoms with van der Waals surface area (Å²) in [6, 6.07) is 8.90. The van der Waals surface area contributed by atoms with E-state index in [-0.39, 0.29) is 0 Å². The van der Waals surface area contributed by atoms with Crippen LogP contribution in [0.15, 0.2) is 29.2 Å². The van der Waals surface area contributed by atoms with Crippen molar-refractivity contribution < 1.29 is 4.74 Å². The molecule has 0 spiro atoms. The molecule has 2 saturated heterocycles. The number of thioether (sulfide) groups is 2. The van der Waals surface area contributed by atoms with E-state index in [4.69, 9.17) is 4.74 Å². The van der Waals surface area contributed by atoms with Crippen LogP contribution in [-0.4, -0.2) is 35.6 Å². The molecule has 0 radical (unpaired) electrons. The first-order chi connectivity index (χ1) is 9.81. The van der Waals surface area contributed by atoms with Gasteiger partial charge in [0, 0.05) is 29.0 Å². The summed E-state index contributed by atoms with van der Waals surface area (Å²) in [5.74, 6) is 1.24. The van der Waals surface area contributed by atoms with E-state index >= 15 is 0 Å². The summed E-state index contributed by atoms with van der Waals surface area (Å²) in [4.78, 5) is 1.38. The summed E-state index contributed by atoms with van der Waals surface area (Å²) in [5.41, 5.74) is 1.33. The second-order valence-electron chi connectivity index (χ2n) is 5.57. The van der Waals surface area contributed by atoms with E-state index in [1.807, 2.05) is 23.5 Å². The predicted octanol–water partition coefficient (Wildman–Crippen LogP) is 3.69. The Morgan fingerprint density at radius 3 is 2.95 bits per heavy atom. The minimum Gasteiger partial charge on any atom is -0.377 e. The molecule has 0 unspecified atom stereocenters. The number of benzene rings is 1. The molecule has 0 aromatic heterocycles. The fraction of sp³-hybridized carbons (Fsp3) is 0.625. The second kappa shape index (κ2) is 7.21. The summed E-state index contributed by atoms with van der Waals surface area (Å²) in [5, 5.41) is 4.77. The van der Waals surface area contributed by atoms with Gasteiger partial charge in [-0.1, -0.05) is 17.7 Å². The number of hydrogen-bond acceptors (Lipinski definition) is 4. The highest BCUT2D eigenvalue weighted by atomic mass is 32.2. The molecule has 3 atom stereocenters. The van der Waals surface area contributed by atoms with Gasteiger partial charge >= 0.3 is 0 Å². The molecule has 2 nitrogen and oxygen atoms in total. The monoisotopic (exact) mass is 309 g/mol. The zero-order valence-electron chi connectivity index (χ0n) is 12.0. The van der Waals surface area contributed by atoms with E-state index in [1.165, 1.54) is 29.1 Å². The molecule has 1 aromatic carbocycles. The minimum atomic E-state index is 0.401. The molecule has 3 rings (SSSR count). The molecular weight excluding hydrogens is 286 g/mol. The van der Waals surface area contributed by atoms with Crippen molar-refractivity contribution in [1.82, 2.24) is 5.32 Å². The fourth-order valence-corrected chi connectivity index (χ4v) is 5.15. The Balaban J connectivity index is 1.60. The van der Waals surface area contributed by atoms with Gasteiger partial charge in [-0.3, -0.25) is 0 Å². The molecule has 2 aliphatic rings. The van der Waals surface area contributed by atoms with Crippen LogP contribution in [0.2, 0.25) is 0 Å². The number of hydrogen-bond donors (Lipinski definition) is 1. The average molecular weight is 309 g/mol. The molecule has 4 heteroatoms. The Morgan fingerprint density at radius 2 is 2.20 bits per heavy atom. The fourth-order valence-electron chi connectivity index (χ4n) is 2.80. The van der Waals surface area contributed by atoms with E-state index < -0.39 is 0 Å². The largest absolute Gasteiger partial charge is 0.377 e. The van der Waals surface area contributed by atoms with Gasteiger partial charge in [-0.25, -0.2) is 0 Å². The van der Waals surface area contributed by atoms with Crippen LogP contribution >= 0.6 is 23.5 Å². The molecule has 0 amide bonds. The molecule has 1 N–H and O–H groups in total. The van der Waals surface area contributed by atoms with Crippen LogP contribution in [0.5, 0.6) is 0 Å². The van der Waals surface area contributed by atoms with Gasteiger partial charge in [-0.15, -0.1) is 23.5 Å². The van der Waals surface area contributed by atoms with Gasteiger partial charge in [-0.05, 0) is 38.3 Å². The first kappa shape index (κ1) is 14.8. The minimum absolute atomic E-state index is 0.401. The van der Waals surface area contributed by atoms with Gasteiger partial charge in [0.2, 0.25) is 0 Å². The van der Waals surface area contributed by atoms with Crippen molar-refractivity contribution in [1.29, 1.82) is 0 Å². The number of ether oxygens (including phenoxy) is 1. The Kier molecular flexibility index (Phi) is 5.32. The molecule has 110 valence electrons. The van der Waals surface area contributed by atoms with Gasteiger partial charge in [0.1, 0.15) is 0 Å². The zero-order chi connectivity index (χ0) is 13.8. The summed E-state index contributed by atoms with van der Waals surface area (Å²) in [7, 11) is 0. The molecule has 1 aromatic rings. The lowest BCUT2D eigenvalue weighted by Gasteiger charge is -2.32. The van der Waals surface area contributed by atoms with Crippen LogP contribution in [0.3, 0.4) is 0 Å². The molecule has 0 aliphatic carbocycles. The first-order valence-electron chi connectivity index (χ1n) is 7.51. The maximum Gasteiger partial charge on any atom is 0.0720 e. The van der Waals surface area contributed by atoms with Crippen molar-refractivity contribution in [2.75, 3.05) is 18.9 Å². The third-order valence-electron chi connectivity index (χ3n) is 3.93. The number of nitrogens with one attached hydrogen (secondary N) is 1. The lowest BCUT2D eigenvalue weighted by molar-refractivity contribution is 0.0153. The van der Waals surface area contributed by atoms with Crippen LogP contribution in [-0.2, 0) is 4.74 Å². The Bertz CT molecular complexity index is 417. The SMILES string of the molecule is Cc1ccc(S[C@H]2CCCO[C@@H]2C[C@H]2NCCS2)cc1. The maximum absolute atomic E-state index is 6.07. The van der Waals surface area contributed by atoms with Gasteiger partial charge in [0.15, 0.2) is 0 Å². The van der Waals surface area contributed by atoms with Crippen molar-refractivity contribution in [3.63, 3.8) is 0 Å². The molecular formula is C16H23NOS2. The van der Waals surface area contributed by atoms with E-state index in [0.717, 1.165) is 19.6 Å². The van der Waals surface area contributed by atoms with E-state index in [0.29, 0.717) is 16.7 Å². The predicted molar refractivity (Wildman–Crippen MR) is 88.7 cm³/mol. The van der Waals surface area contributed by atoms with Crippen molar-refractivity contribution in [2.24, 2.45) is 0 Å². The first-order valence-corrected chi connectivity index (χ1v) is 9.44. The molecule has 2 fully saturated rings. The van der Waals surface area contributed by atoms with Crippen molar-refractivity contribution >= 4 is 23.5 Å². The Morgan fingerprint density at radius 1 is 1.35 bits per heavy atom. The molecule has 0 saturated carbocycles. The summed E-state index contributed by atoms with van der Waals surface area (Å²) in [6.07, 6.45) is 4.03. The van der Waals surface area contributed by atoms with Gasteiger partial charge < -0.3 is 10.1 Å². The van der Waals surface area contributed by atoms with Crippen molar-refractivity contribution in [3.8, 4) is 0 Å². The van der Waals surface area contributed by atoms with Crippen LogP contribution in [0, 0.1) is 6.92 Å². The molecule has 2 aliphatic heterocycles. The summed E-state index contributed by atoms with van der Waals surface area (Å²) < 4.78 is 6.07. The van der Waals surface area contributed by atoms with Crippen LogP contribution in [0.1, 0.15) is 24.8 Å². The van der Waals surface area contributed by atoms with Gasteiger partial charge in [-0.2, -0.15) is 0 Å². The number of rotatable bonds is 4. The molecule has 20 heavy (non-hydrogen) atoms. The third-order valence-corrected chi connectivity index (χ3v) is 6.52. The lowest BCUT2D eigenvalue weighted by atomic mass is 10.1. The van der Waals surface area contributed by atoms with Crippen molar-refractivity contribution in [3.05, 3.63) is 29.8 Å². The maximum atomic E-state index is 6.07. The normalized spacial score (nSPS) is 30.6. The van der Waals surface area contributed by atoms with Crippen LogP contribution < -0.4 is 5.32 Å². The van der Waals surface area contributed by atoms with Crippen LogP contribution in [0.4, 0.5) is 0 Å². The highest BCUT2D eigenvalue weighted by Gasteiger charge is 2.30. The molecule has 0 bridgehead atoms. The third kappa shape index (κ3) is 3.94. The standard InChI is InChI=1S/C16H23NOS2/c1-12-4-6-13(7-5-12)20-15-3-2-9-18-14(15)11-16-17-8-10-19-16/h4-7,14-17H,2-3,8-11H2,1H3/t14-,15+,16+/m1/s1. The zero-order valence-corrected chi connectivity index (χ0v) is 13.6.